The van der Waals surface area contributed by atoms with Crippen LogP contribution in [0.1, 0.15) is 33.3 Å². The second kappa shape index (κ2) is 6.75. The minimum absolute atomic E-state index is 0.545. The van der Waals surface area contributed by atoms with Crippen LogP contribution >= 0.6 is 0 Å². The molecule has 2 rings (SSSR count). The van der Waals surface area contributed by atoms with Crippen molar-refractivity contribution in [3.63, 3.8) is 0 Å². The van der Waals surface area contributed by atoms with E-state index in [4.69, 9.17) is 9.47 Å². The fraction of sp³-hybridized carbons (Fsp3) is 0.400. The Morgan fingerprint density at radius 1 is 1.08 bits per heavy atom. The maximum absolute atomic E-state index is 12.6. The summed E-state index contributed by atoms with van der Waals surface area (Å²) in [5.41, 5.74) is -1.26. The Balaban J connectivity index is 2.65. The second-order valence-electron chi connectivity index (χ2n) is 7.17. The topological polar surface area (TPSA) is 55.8 Å². The summed E-state index contributed by atoms with van der Waals surface area (Å²) >= 11 is 0. The highest BCUT2D eigenvalue weighted by atomic mass is 16.6. The summed E-state index contributed by atoms with van der Waals surface area (Å²) in [4.78, 5) is 26.0. The average molecular weight is 343 g/mol. The number of carbonyl (C=O) groups excluding carboxylic acids is 2. The van der Waals surface area contributed by atoms with Crippen molar-refractivity contribution in [1.29, 1.82) is 0 Å². The largest absolute Gasteiger partial charge is 0.496 e. The van der Waals surface area contributed by atoms with Crippen molar-refractivity contribution in [3.8, 4) is 5.75 Å². The Morgan fingerprint density at radius 3 is 2.28 bits per heavy atom. The molecule has 0 aliphatic rings. The predicted molar refractivity (Wildman–Crippen MR) is 97.9 cm³/mol. The lowest BCUT2D eigenvalue weighted by atomic mass is 9.87. The van der Waals surface area contributed by atoms with Gasteiger partial charge in [0.2, 0.25) is 0 Å². The molecule has 134 valence electrons. The zero-order chi connectivity index (χ0) is 18.8. The number of benzene rings is 2. The van der Waals surface area contributed by atoms with Crippen molar-refractivity contribution in [1.82, 2.24) is 4.90 Å². The van der Waals surface area contributed by atoms with Crippen LogP contribution in [0.2, 0.25) is 0 Å². The smallest absolute Gasteiger partial charge is 0.411 e. The van der Waals surface area contributed by atoms with Crippen molar-refractivity contribution < 1.29 is 19.1 Å². The number of nitrogens with zero attached hydrogens (tertiary/aromatic N) is 1. The molecule has 0 saturated heterocycles. The van der Waals surface area contributed by atoms with E-state index in [0.29, 0.717) is 11.3 Å². The zero-order valence-corrected chi connectivity index (χ0v) is 15.6. The fourth-order valence-corrected chi connectivity index (χ4v) is 2.77. The summed E-state index contributed by atoms with van der Waals surface area (Å²) in [6, 6.07) is 11.4. The van der Waals surface area contributed by atoms with Gasteiger partial charge in [-0.15, -0.1) is 0 Å². The highest BCUT2D eigenvalue weighted by Crippen LogP contribution is 2.39. The van der Waals surface area contributed by atoms with E-state index in [1.165, 1.54) is 4.90 Å². The van der Waals surface area contributed by atoms with Gasteiger partial charge in [0.15, 0.2) is 0 Å². The Kier molecular flexibility index (Phi) is 5.07. The summed E-state index contributed by atoms with van der Waals surface area (Å²) in [6.45, 7) is 7.05. The molecule has 2 aromatic rings. The van der Waals surface area contributed by atoms with Crippen molar-refractivity contribution in [3.05, 3.63) is 42.0 Å². The van der Waals surface area contributed by atoms with Gasteiger partial charge in [-0.3, -0.25) is 4.90 Å². The van der Waals surface area contributed by atoms with Crippen molar-refractivity contribution >= 4 is 23.2 Å². The third-order valence-corrected chi connectivity index (χ3v) is 4.21. The number of hydrogen-bond acceptors (Lipinski definition) is 4. The van der Waals surface area contributed by atoms with Crippen LogP contribution in [0.25, 0.3) is 10.8 Å². The SMILES string of the molecule is COc1ccc2ccccc2c1C(C)(C=O)N(C)C(=O)OC(C)(C)C. The van der Waals surface area contributed by atoms with Crippen molar-refractivity contribution in [2.45, 2.75) is 38.8 Å². The van der Waals surface area contributed by atoms with Gasteiger partial charge in [0.1, 0.15) is 23.2 Å². The molecule has 1 atom stereocenters. The van der Waals surface area contributed by atoms with E-state index in [1.54, 1.807) is 41.9 Å². The van der Waals surface area contributed by atoms with E-state index in [-0.39, 0.29) is 0 Å². The first-order chi connectivity index (χ1) is 11.6. The van der Waals surface area contributed by atoms with Gasteiger partial charge in [0.05, 0.1) is 7.11 Å². The van der Waals surface area contributed by atoms with E-state index in [9.17, 15) is 9.59 Å². The number of carbonyl (C=O) groups is 2. The molecule has 0 spiro atoms. The maximum atomic E-state index is 12.6. The van der Waals surface area contributed by atoms with Crippen molar-refractivity contribution in [2.75, 3.05) is 14.2 Å². The summed E-state index contributed by atoms with van der Waals surface area (Å²) in [6.07, 6.45) is 0.179. The standard InChI is InChI=1S/C20H25NO4/c1-19(2,3)25-18(23)21(5)20(4,13-22)17-15-10-8-7-9-14(15)11-12-16(17)24-6/h7-13H,1-6H3. The summed E-state index contributed by atoms with van der Waals surface area (Å²) in [5.74, 6) is 0.545. The molecule has 5 nitrogen and oxygen atoms in total. The Hall–Kier alpha value is -2.56. The van der Waals surface area contributed by atoms with E-state index >= 15 is 0 Å². The van der Waals surface area contributed by atoms with E-state index in [0.717, 1.165) is 17.1 Å². The van der Waals surface area contributed by atoms with E-state index < -0.39 is 17.2 Å². The first-order valence-corrected chi connectivity index (χ1v) is 8.13. The average Bonchev–Trinajstić information content (AvgIpc) is 2.57. The van der Waals surface area contributed by atoms with Crippen molar-refractivity contribution in [2.24, 2.45) is 0 Å². The molecule has 1 amide bonds. The number of aldehydes is 1. The molecular formula is C20H25NO4. The molecule has 0 bridgehead atoms. The summed E-state index contributed by atoms with van der Waals surface area (Å²) in [7, 11) is 3.11. The number of methoxy groups -OCH3 is 1. The first kappa shape index (κ1) is 18.8. The Labute approximate surface area is 148 Å². The van der Waals surface area contributed by atoms with Gasteiger partial charge in [0.25, 0.3) is 0 Å². The number of amides is 1. The van der Waals surface area contributed by atoms with Gasteiger partial charge in [-0.05, 0) is 44.5 Å². The minimum atomic E-state index is -1.24. The highest BCUT2D eigenvalue weighted by Gasteiger charge is 2.40. The monoisotopic (exact) mass is 343 g/mol. The van der Waals surface area contributed by atoms with Gasteiger partial charge >= 0.3 is 6.09 Å². The lowest BCUT2D eigenvalue weighted by molar-refractivity contribution is -0.117. The molecule has 0 heterocycles. The second-order valence-corrected chi connectivity index (χ2v) is 7.17. The Morgan fingerprint density at radius 2 is 1.72 bits per heavy atom. The molecule has 0 fully saturated rings. The molecule has 0 aliphatic heterocycles. The molecular weight excluding hydrogens is 318 g/mol. The van der Waals surface area contributed by atoms with Gasteiger partial charge in [-0.25, -0.2) is 4.79 Å². The zero-order valence-electron chi connectivity index (χ0n) is 15.6. The number of rotatable bonds is 4. The molecule has 0 N–H and O–H groups in total. The summed E-state index contributed by atoms with van der Waals surface area (Å²) < 4.78 is 10.9. The molecule has 5 heteroatoms. The molecule has 0 radical (unpaired) electrons. The number of ether oxygens (including phenoxy) is 2. The van der Waals surface area contributed by atoms with Crippen LogP contribution in [0.15, 0.2) is 36.4 Å². The molecule has 25 heavy (non-hydrogen) atoms. The normalized spacial score (nSPS) is 13.8. The lowest BCUT2D eigenvalue weighted by Gasteiger charge is -2.37. The van der Waals surface area contributed by atoms with Crippen LogP contribution in [0, 0.1) is 0 Å². The predicted octanol–water partition coefficient (Wildman–Crippen LogP) is 4.13. The summed E-state index contributed by atoms with van der Waals surface area (Å²) in [5, 5.41) is 1.82. The third-order valence-electron chi connectivity index (χ3n) is 4.21. The first-order valence-electron chi connectivity index (χ1n) is 8.13. The van der Waals surface area contributed by atoms with Crippen LogP contribution in [-0.2, 0) is 15.1 Å². The number of hydrogen-bond donors (Lipinski definition) is 0. The molecule has 0 saturated carbocycles. The third kappa shape index (κ3) is 3.60. The quantitative estimate of drug-likeness (QED) is 0.783. The van der Waals surface area contributed by atoms with Crippen LogP contribution in [0.4, 0.5) is 4.79 Å². The van der Waals surface area contributed by atoms with Crippen LogP contribution in [-0.4, -0.2) is 37.0 Å². The van der Waals surface area contributed by atoms with Gasteiger partial charge < -0.3 is 14.3 Å². The van der Waals surface area contributed by atoms with Gasteiger partial charge in [0, 0.05) is 12.6 Å². The van der Waals surface area contributed by atoms with Crippen LogP contribution in [0.3, 0.4) is 0 Å². The Bertz CT molecular complexity index is 794. The number of likely N-dealkylation sites (N-methyl/N-ethyl adjacent to an activating group) is 1. The van der Waals surface area contributed by atoms with E-state index in [2.05, 4.69) is 0 Å². The van der Waals surface area contributed by atoms with Gasteiger partial charge in [-0.2, -0.15) is 0 Å². The molecule has 1 unspecified atom stereocenters. The molecule has 2 aromatic carbocycles. The van der Waals surface area contributed by atoms with E-state index in [1.807, 2.05) is 36.4 Å². The van der Waals surface area contributed by atoms with Crippen LogP contribution < -0.4 is 4.74 Å². The maximum Gasteiger partial charge on any atom is 0.411 e. The van der Waals surface area contributed by atoms with Gasteiger partial charge in [-0.1, -0.05) is 30.3 Å². The fourth-order valence-electron chi connectivity index (χ4n) is 2.77. The molecule has 0 aromatic heterocycles. The molecule has 0 aliphatic carbocycles. The minimum Gasteiger partial charge on any atom is -0.496 e. The van der Waals surface area contributed by atoms with Crippen LogP contribution in [0.5, 0.6) is 5.75 Å². The lowest BCUT2D eigenvalue weighted by Crippen LogP contribution is -2.48. The highest BCUT2D eigenvalue weighted by molar-refractivity contribution is 5.93. The number of fused-ring (bicyclic) bond motifs is 1.